The fourth-order valence-electron chi connectivity index (χ4n) is 3.71. The predicted molar refractivity (Wildman–Crippen MR) is 85.9 cm³/mol. The zero-order valence-corrected chi connectivity index (χ0v) is 12.9. The summed E-state index contributed by atoms with van der Waals surface area (Å²) in [7, 11) is 1.49. The summed E-state index contributed by atoms with van der Waals surface area (Å²) in [6, 6.07) is 6.47. The second kappa shape index (κ2) is 4.64. The smallest absolute Gasteiger partial charge is 0.208 e. The van der Waals surface area contributed by atoms with Crippen LogP contribution in [0.15, 0.2) is 33.5 Å². The second-order valence-corrected chi connectivity index (χ2v) is 6.03. The molecular formula is C18H14O6. The van der Waals surface area contributed by atoms with Crippen molar-refractivity contribution in [1.82, 2.24) is 0 Å². The van der Waals surface area contributed by atoms with Crippen LogP contribution in [0.1, 0.15) is 17.9 Å². The molecule has 1 saturated heterocycles. The number of aromatic hydroxyl groups is 1. The van der Waals surface area contributed by atoms with Crippen LogP contribution < -0.4 is 14.9 Å². The Bertz CT molecular complexity index is 1050. The van der Waals surface area contributed by atoms with E-state index in [4.69, 9.17) is 18.6 Å². The maximum atomic E-state index is 13.0. The second-order valence-electron chi connectivity index (χ2n) is 6.03. The fourth-order valence-corrected chi connectivity index (χ4v) is 3.71. The lowest BCUT2D eigenvalue weighted by Gasteiger charge is -2.11. The van der Waals surface area contributed by atoms with E-state index in [1.807, 2.05) is 0 Å². The predicted octanol–water partition coefficient (Wildman–Crippen LogP) is 2.88. The minimum Gasteiger partial charge on any atom is -0.507 e. The minimum atomic E-state index is -0.347. The van der Waals surface area contributed by atoms with Gasteiger partial charge in [0.2, 0.25) is 11.7 Å². The minimum absolute atomic E-state index is 0.0336. The number of benzene rings is 2. The zero-order chi connectivity index (χ0) is 16.4. The van der Waals surface area contributed by atoms with Gasteiger partial charge in [-0.25, -0.2) is 0 Å². The molecule has 5 rings (SSSR count). The number of hydrogen-bond acceptors (Lipinski definition) is 6. The third-order valence-corrected chi connectivity index (χ3v) is 4.79. The molecule has 1 N–H and O–H groups in total. The molecule has 0 bridgehead atoms. The lowest BCUT2D eigenvalue weighted by molar-refractivity contribution is -0.0337. The Morgan fingerprint density at radius 1 is 1.29 bits per heavy atom. The van der Waals surface area contributed by atoms with E-state index < -0.39 is 0 Å². The highest BCUT2D eigenvalue weighted by Crippen LogP contribution is 2.49. The van der Waals surface area contributed by atoms with Crippen molar-refractivity contribution in [2.45, 2.75) is 18.6 Å². The van der Waals surface area contributed by atoms with Gasteiger partial charge in [0, 0.05) is 11.6 Å². The molecule has 2 aliphatic heterocycles. The van der Waals surface area contributed by atoms with E-state index in [-0.39, 0.29) is 28.8 Å². The molecule has 24 heavy (non-hydrogen) atoms. The van der Waals surface area contributed by atoms with Crippen LogP contribution in [0.25, 0.3) is 21.9 Å². The van der Waals surface area contributed by atoms with Gasteiger partial charge in [-0.2, -0.15) is 0 Å². The summed E-state index contributed by atoms with van der Waals surface area (Å²) in [6.45, 7) is 0.612. The van der Waals surface area contributed by atoms with Crippen molar-refractivity contribution in [2.75, 3.05) is 13.7 Å². The summed E-state index contributed by atoms with van der Waals surface area (Å²) in [5.41, 5.74) is 1.32. The highest BCUT2D eigenvalue weighted by molar-refractivity contribution is 5.98. The Kier molecular flexibility index (Phi) is 2.65. The monoisotopic (exact) mass is 326 g/mol. The molecule has 0 radical (unpaired) electrons. The summed E-state index contributed by atoms with van der Waals surface area (Å²) in [4.78, 5) is 13.0. The van der Waals surface area contributed by atoms with Crippen LogP contribution in [0.2, 0.25) is 0 Å². The van der Waals surface area contributed by atoms with Gasteiger partial charge in [0.05, 0.1) is 19.6 Å². The Labute approximate surface area is 136 Å². The largest absolute Gasteiger partial charge is 0.507 e. The van der Waals surface area contributed by atoms with E-state index >= 15 is 0 Å². The van der Waals surface area contributed by atoms with Gasteiger partial charge in [-0.15, -0.1) is 0 Å². The third-order valence-electron chi connectivity index (χ3n) is 4.79. The Balaban J connectivity index is 1.98. The number of phenolic OH excluding ortho intramolecular Hbond substituents is 1. The van der Waals surface area contributed by atoms with Crippen molar-refractivity contribution >= 4 is 21.9 Å². The highest BCUT2D eigenvalue weighted by atomic mass is 16.7. The first-order valence-electron chi connectivity index (χ1n) is 7.76. The molecule has 0 saturated carbocycles. The average Bonchev–Trinajstić information content (AvgIpc) is 3.14. The van der Waals surface area contributed by atoms with E-state index in [1.165, 1.54) is 13.2 Å². The van der Waals surface area contributed by atoms with E-state index in [2.05, 4.69) is 0 Å². The van der Waals surface area contributed by atoms with Crippen LogP contribution in [0, 0.1) is 0 Å². The van der Waals surface area contributed by atoms with Crippen LogP contribution in [0.3, 0.4) is 0 Å². The standard InChI is InChI=1S/C18H14O6/c1-21-11-7-12-13(8-5-6-22-18(8)24-12)17-15(11)16(20)14-9(19)3-2-4-10(14)23-17/h2-4,7-8,18-19H,5-6H2,1H3/t8-,18+/m1/s1. The van der Waals surface area contributed by atoms with Crippen LogP contribution in [0.5, 0.6) is 17.2 Å². The van der Waals surface area contributed by atoms with Crippen molar-refractivity contribution < 1.29 is 23.7 Å². The number of ether oxygens (including phenoxy) is 3. The quantitative estimate of drug-likeness (QED) is 0.693. The van der Waals surface area contributed by atoms with Gasteiger partial charge >= 0.3 is 0 Å². The van der Waals surface area contributed by atoms with E-state index in [1.54, 1.807) is 18.2 Å². The topological polar surface area (TPSA) is 78.1 Å². The third kappa shape index (κ3) is 1.61. The maximum absolute atomic E-state index is 13.0. The summed E-state index contributed by atoms with van der Waals surface area (Å²) >= 11 is 0. The molecule has 1 fully saturated rings. The van der Waals surface area contributed by atoms with Crippen LogP contribution in [0.4, 0.5) is 0 Å². The van der Waals surface area contributed by atoms with Gasteiger partial charge in [0.1, 0.15) is 39.2 Å². The molecule has 1 aromatic heterocycles. The van der Waals surface area contributed by atoms with Gasteiger partial charge in [0.15, 0.2) is 0 Å². The first-order valence-corrected chi connectivity index (χ1v) is 7.76. The first-order chi connectivity index (χ1) is 11.7. The van der Waals surface area contributed by atoms with Crippen LogP contribution >= 0.6 is 0 Å². The molecule has 0 spiro atoms. The lowest BCUT2D eigenvalue weighted by Crippen LogP contribution is -2.13. The number of fused-ring (bicyclic) bond motifs is 6. The van der Waals surface area contributed by atoms with Gasteiger partial charge in [0.25, 0.3) is 0 Å². The lowest BCUT2D eigenvalue weighted by atomic mass is 9.95. The first kappa shape index (κ1) is 13.7. The normalized spacial score (nSPS) is 21.7. The molecule has 0 unspecified atom stereocenters. The highest BCUT2D eigenvalue weighted by Gasteiger charge is 2.42. The summed E-state index contributed by atoms with van der Waals surface area (Å²) < 4.78 is 22.8. The molecule has 2 aromatic carbocycles. The molecule has 3 aromatic rings. The van der Waals surface area contributed by atoms with E-state index in [0.717, 1.165) is 12.0 Å². The molecule has 6 heteroatoms. The van der Waals surface area contributed by atoms with Crippen LogP contribution in [-0.4, -0.2) is 25.1 Å². The van der Waals surface area contributed by atoms with Crippen molar-refractivity contribution in [2.24, 2.45) is 0 Å². The number of methoxy groups -OCH3 is 1. The van der Waals surface area contributed by atoms with Gasteiger partial charge in [-0.1, -0.05) is 6.07 Å². The van der Waals surface area contributed by atoms with Crippen molar-refractivity contribution in [1.29, 1.82) is 0 Å². The van der Waals surface area contributed by atoms with Crippen molar-refractivity contribution in [3.63, 3.8) is 0 Å². The molecule has 122 valence electrons. The van der Waals surface area contributed by atoms with E-state index in [9.17, 15) is 9.90 Å². The van der Waals surface area contributed by atoms with Crippen LogP contribution in [-0.2, 0) is 4.74 Å². The Morgan fingerprint density at radius 3 is 3.00 bits per heavy atom. The van der Waals surface area contributed by atoms with E-state index in [0.29, 0.717) is 34.7 Å². The van der Waals surface area contributed by atoms with Gasteiger partial charge in [-0.05, 0) is 18.6 Å². The summed E-state index contributed by atoms with van der Waals surface area (Å²) in [5, 5.41) is 10.5. The SMILES string of the molecule is COc1cc2c(c3oc4cccc(O)c4c(=O)c13)[C@H]1CCO[C@H]1O2. The summed E-state index contributed by atoms with van der Waals surface area (Å²) in [6.07, 6.45) is 0.460. The molecule has 0 aliphatic carbocycles. The molecular weight excluding hydrogens is 312 g/mol. The Morgan fingerprint density at radius 2 is 2.17 bits per heavy atom. The number of hydrogen-bond donors (Lipinski definition) is 1. The molecule has 3 heterocycles. The number of phenols is 1. The summed E-state index contributed by atoms with van der Waals surface area (Å²) in [5.74, 6) is 0.912. The Hall–Kier alpha value is -2.73. The van der Waals surface area contributed by atoms with Gasteiger partial charge < -0.3 is 23.7 Å². The fraction of sp³-hybridized carbons (Fsp3) is 0.278. The molecule has 6 nitrogen and oxygen atoms in total. The van der Waals surface area contributed by atoms with Crippen molar-refractivity contribution in [3.8, 4) is 17.2 Å². The average molecular weight is 326 g/mol. The maximum Gasteiger partial charge on any atom is 0.208 e. The molecule has 2 aliphatic rings. The molecule has 2 atom stereocenters. The molecule has 0 amide bonds. The number of rotatable bonds is 1. The van der Waals surface area contributed by atoms with Crippen molar-refractivity contribution in [3.05, 3.63) is 40.1 Å². The van der Waals surface area contributed by atoms with Gasteiger partial charge in [-0.3, -0.25) is 4.79 Å². The zero-order valence-electron chi connectivity index (χ0n) is 12.9.